The lowest BCUT2D eigenvalue weighted by Gasteiger charge is -2.23. The van der Waals surface area contributed by atoms with Gasteiger partial charge in [-0.25, -0.2) is 0 Å². The Hall–Kier alpha value is -0.650. The van der Waals surface area contributed by atoms with Crippen molar-refractivity contribution in [1.29, 1.82) is 0 Å². The first kappa shape index (κ1) is 12.8. The molecule has 0 aromatic heterocycles. The van der Waals surface area contributed by atoms with Gasteiger partial charge in [-0.1, -0.05) is 0 Å². The van der Waals surface area contributed by atoms with Gasteiger partial charge in [-0.3, -0.25) is 4.79 Å². The van der Waals surface area contributed by atoms with Crippen LogP contribution < -0.4 is 11.1 Å². The minimum Gasteiger partial charge on any atom is -0.381 e. The molecule has 2 aliphatic rings. The molecular formula is C12H22N2O3. The van der Waals surface area contributed by atoms with Crippen molar-refractivity contribution < 1.29 is 14.3 Å². The van der Waals surface area contributed by atoms with Gasteiger partial charge in [0.1, 0.15) is 6.10 Å². The van der Waals surface area contributed by atoms with Gasteiger partial charge in [0.2, 0.25) is 5.91 Å². The summed E-state index contributed by atoms with van der Waals surface area (Å²) in [6, 6.07) is 0. The third kappa shape index (κ3) is 3.66. The van der Waals surface area contributed by atoms with E-state index in [4.69, 9.17) is 15.2 Å². The lowest BCUT2D eigenvalue weighted by molar-refractivity contribution is -0.132. The van der Waals surface area contributed by atoms with E-state index in [9.17, 15) is 4.79 Å². The van der Waals surface area contributed by atoms with Crippen molar-refractivity contribution in [2.75, 3.05) is 26.3 Å². The van der Waals surface area contributed by atoms with E-state index in [0.717, 1.165) is 38.9 Å². The van der Waals surface area contributed by atoms with Crippen molar-refractivity contribution in [1.82, 2.24) is 5.32 Å². The van der Waals surface area contributed by atoms with Crippen molar-refractivity contribution in [2.24, 2.45) is 11.7 Å². The Bertz CT molecular complexity index is 254. The number of nitrogens with one attached hydrogen (secondary N) is 1. The zero-order valence-corrected chi connectivity index (χ0v) is 10.2. The molecule has 1 amide bonds. The summed E-state index contributed by atoms with van der Waals surface area (Å²) in [4.78, 5) is 11.8. The van der Waals surface area contributed by atoms with E-state index in [0.29, 0.717) is 19.0 Å². The molecule has 0 radical (unpaired) electrons. The minimum atomic E-state index is -0.298. The molecule has 0 saturated carbocycles. The fourth-order valence-corrected chi connectivity index (χ4v) is 2.40. The van der Waals surface area contributed by atoms with Crippen LogP contribution in [-0.4, -0.2) is 44.4 Å². The Morgan fingerprint density at radius 3 is 2.88 bits per heavy atom. The summed E-state index contributed by atoms with van der Waals surface area (Å²) in [5, 5.41) is 2.95. The van der Waals surface area contributed by atoms with Crippen molar-refractivity contribution >= 4 is 5.91 Å². The second-order valence-electron chi connectivity index (χ2n) is 4.89. The molecular weight excluding hydrogens is 220 g/mol. The molecule has 98 valence electrons. The van der Waals surface area contributed by atoms with Crippen molar-refractivity contribution in [3.8, 4) is 0 Å². The lowest BCUT2D eigenvalue weighted by atomic mass is 10.0. The average Bonchev–Trinajstić information content (AvgIpc) is 2.86. The summed E-state index contributed by atoms with van der Waals surface area (Å²) in [5.41, 5.74) is 5.51. The number of ether oxygens (including phenoxy) is 2. The molecule has 0 aliphatic carbocycles. The molecule has 2 rings (SSSR count). The molecule has 2 saturated heterocycles. The Morgan fingerprint density at radius 1 is 1.35 bits per heavy atom. The van der Waals surface area contributed by atoms with Crippen LogP contribution >= 0.6 is 0 Å². The summed E-state index contributed by atoms with van der Waals surface area (Å²) in [6.45, 7) is 2.82. The van der Waals surface area contributed by atoms with Gasteiger partial charge in [0, 0.05) is 19.7 Å². The van der Waals surface area contributed by atoms with E-state index in [-0.39, 0.29) is 18.1 Å². The molecule has 2 fully saturated rings. The molecule has 2 heterocycles. The predicted molar refractivity (Wildman–Crippen MR) is 63.5 cm³/mol. The number of carbonyl (C=O) groups is 1. The highest BCUT2D eigenvalue weighted by Gasteiger charge is 2.30. The molecule has 3 N–H and O–H groups in total. The van der Waals surface area contributed by atoms with Gasteiger partial charge in [-0.15, -0.1) is 0 Å². The molecule has 0 spiro atoms. The highest BCUT2D eigenvalue weighted by atomic mass is 16.5. The summed E-state index contributed by atoms with van der Waals surface area (Å²) in [7, 11) is 0. The summed E-state index contributed by atoms with van der Waals surface area (Å²) in [5.74, 6) is 0.464. The molecule has 2 aliphatic heterocycles. The fourth-order valence-electron chi connectivity index (χ4n) is 2.40. The third-order valence-corrected chi connectivity index (χ3v) is 3.48. The monoisotopic (exact) mass is 242 g/mol. The van der Waals surface area contributed by atoms with E-state index < -0.39 is 0 Å². The highest BCUT2D eigenvalue weighted by molar-refractivity contribution is 5.81. The van der Waals surface area contributed by atoms with E-state index in [1.165, 1.54) is 0 Å². The van der Waals surface area contributed by atoms with Gasteiger partial charge in [0.05, 0.1) is 12.7 Å². The smallest absolute Gasteiger partial charge is 0.249 e. The van der Waals surface area contributed by atoms with Crippen molar-refractivity contribution in [3.05, 3.63) is 0 Å². The van der Waals surface area contributed by atoms with Gasteiger partial charge in [0.25, 0.3) is 0 Å². The van der Waals surface area contributed by atoms with Crippen molar-refractivity contribution in [3.63, 3.8) is 0 Å². The number of hydrogen-bond acceptors (Lipinski definition) is 4. The zero-order valence-electron chi connectivity index (χ0n) is 10.2. The molecule has 17 heavy (non-hydrogen) atoms. The van der Waals surface area contributed by atoms with Gasteiger partial charge in [-0.05, 0) is 31.6 Å². The maximum Gasteiger partial charge on any atom is 0.249 e. The molecule has 0 aromatic rings. The van der Waals surface area contributed by atoms with Crippen LogP contribution in [0.3, 0.4) is 0 Å². The summed E-state index contributed by atoms with van der Waals surface area (Å²) >= 11 is 0. The fraction of sp³-hybridized carbons (Fsp3) is 0.917. The number of nitrogens with two attached hydrogens (primary N) is 1. The van der Waals surface area contributed by atoms with E-state index >= 15 is 0 Å². The number of rotatable bonds is 4. The van der Waals surface area contributed by atoms with Crippen molar-refractivity contribution in [2.45, 2.75) is 37.9 Å². The van der Waals surface area contributed by atoms with Crippen LogP contribution in [0, 0.1) is 5.92 Å². The Balaban J connectivity index is 1.66. The first-order chi connectivity index (χ1) is 8.29. The molecule has 3 atom stereocenters. The first-order valence-electron chi connectivity index (χ1n) is 6.50. The second kappa shape index (κ2) is 6.33. The largest absolute Gasteiger partial charge is 0.381 e. The topological polar surface area (TPSA) is 73.6 Å². The molecule has 3 unspecified atom stereocenters. The Morgan fingerprint density at radius 2 is 2.24 bits per heavy atom. The first-order valence-corrected chi connectivity index (χ1v) is 6.50. The van der Waals surface area contributed by atoms with Crippen LogP contribution in [0.2, 0.25) is 0 Å². The van der Waals surface area contributed by atoms with Gasteiger partial charge in [-0.2, -0.15) is 0 Å². The van der Waals surface area contributed by atoms with E-state index in [1.807, 2.05) is 0 Å². The van der Waals surface area contributed by atoms with Crippen LogP contribution in [-0.2, 0) is 14.3 Å². The van der Waals surface area contributed by atoms with Crippen LogP contribution in [0.5, 0.6) is 0 Å². The number of amides is 1. The van der Waals surface area contributed by atoms with Gasteiger partial charge in [0.15, 0.2) is 0 Å². The number of carbonyl (C=O) groups excluding carboxylic acids is 1. The quantitative estimate of drug-likeness (QED) is 0.730. The maximum atomic E-state index is 11.8. The summed E-state index contributed by atoms with van der Waals surface area (Å²) < 4.78 is 10.9. The summed E-state index contributed by atoms with van der Waals surface area (Å²) in [6.07, 6.45) is 3.67. The zero-order chi connectivity index (χ0) is 12.1. The van der Waals surface area contributed by atoms with Gasteiger partial charge >= 0.3 is 0 Å². The highest BCUT2D eigenvalue weighted by Crippen LogP contribution is 2.19. The van der Waals surface area contributed by atoms with E-state index in [1.54, 1.807) is 0 Å². The Kier molecular flexibility index (Phi) is 4.76. The van der Waals surface area contributed by atoms with Gasteiger partial charge < -0.3 is 20.5 Å². The SMILES string of the molecule is NCC1CCC(C(=O)NCC2CCCOC2)O1. The van der Waals surface area contributed by atoms with Crippen LogP contribution in [0.1, 0.15) is 25.7 Å². The minimum absolute atomic E-state index is 0.00604. The second-order valence-corrected chi connectivity index (χ2v) is 4.89. The lowest BCUT2D eigenvalue weighted by Crippen LogP contribution is -2.39. The molecule has 0 aromatic carbocycles. The van der Waals surface area contributed by atoms with E-state index in [2.05, 4.69) is 5.32 Å². The normalized spacial score (nSPS) is 33.6. The average molecular weight is 242 g/mol. The number of hydrogen-bond donors (Lipinski definition) is 2. The maximum absolute atomic E-state index is 11.8. The predicted octanol–water partition coefficient (Wildman–Crippen LogP) is 0.0355. The van der Waals surface area contributed by atoms with Crippen LogP contribution in [0.25, 0.3) is 0 Å². The molecule has 0 bridgehead atoms. The molecule has 5 heteroatoms. The van der Waals surface area contributed by atoms with Crippen LogP contribution in [0.4, 0.5) is 0 Å². The van der Waals surface area contributed by atoms with Crippen LogP contribution in [0.15, 0.2) is 0 Å². The standard InChI is InChI=1S/C12H22N2O3/c13-6-10-3-4-11(17-10)12(15)14-7-9-2-1-5-16-8-9/h9-11H,1-8,13H2,(H,14,15). The molecule has 5 nitrogen and oxygen atoms in total. The third-order valence-electron chi connectivity index (χ3n) is 3.48. The Labute approximate surface area is 102 Å².